The largest absolute Gasteiger partial charge is 0.507 e. The number of rotatable bonds is 5. The van der Waals surface area contributed by atoms with Crippen molar-refractivity contribution in [2.75, 3.05) is 11.9 Å². The Kier molecular flexibility index (Phi) is 5.34. The number of hydrogen-bond donors (Lipinski definition) is 4. The van der Waals surface area contributed by atoms with Crippen molar-refractivity contribution in [1.29, 1.82) is 0 Å². The number of phenolic OH excluding ortho intramolecular Hbond substituents is 1. The number of carbonyl (C=O) groups excluding carboxylic acids is 2. The topological polar surface area (TPSA) is 90.5 Å². The van der Waals surface area contributed by atoms with Crippen LogP contribution in [0.5, 0.6) is 5.75 Å². The number of fused-ring (bicyclic) bond motifs is 1. The molecule has 3 rings (SSSR count). The van der Waals surface area contributed by atoms with E-state index < -0.39 is 6.03 Å². The number of hydrogen-bond acceptors (Lipinski definition) is 3. The van der Waals surface area contributed by atoms with E-state index in [0.717, 1.165) is 10.9 Å². The molecular formula is C20H19N3O3. The first kappa shape index (κ1) is 17.3. The summed E-state index contributed by atoms with van der Waals surface area (Å²) in [5, 5.41) is 19.2. The summed E-state index contributed by atoms with van der Waals surface area (Å²) < 4.78 is 0. The highest BCUT2D eigenvalue weighted by Gasteiger charge is 2.09. The maximum Gasteiger partial charge on any atom is 0.315 e. The Morgan fingerprint density at radius 2 is 1.50 bits per heavy atom. The fraction of sp³-hybridized carbons (Fsp3) is 0.100. The van der Waals surface area contributed by atoms with Gasteiger partial charge in [-0.2, -0.15) is 0 Å². The monoisotopic (exact) mass is 349 g/mol. The van der Waals surface area contributed by atoms with Gasteiger partial charge in [0.15, 0.2) is 0 Å². The van der Waals surface area contributed by atoms with Gasteiger partial charge in [-0.3, -0.25) is 4.79 Å². The van der Waals surface area contributed by atoms with Crippen LogP contribution in [0.3, 0.4) is 0 Å². The third-order valence-corrected chi connectivity index (χ3v) is 3.88. The first-order valence-corrected chi connectivity index (χ1v) is 8.19. The zero-order valence-electron chi connectivity index (χ0n) is 14.0. The molecule has 0 atom stereocenters. The lowest BCUT2D eigenvalue weighted by Crippen LogP contribution is -2.39. The first-order chi connectivity index (χ1) is 12.6. The molecule has 0 aromatic heterocycles. The van der Waals surface area contributed by atoms with Crippen LogP contribution in [0.1, 0.15) is 5.56 Å². The Bertz CT molecular complexity index is 926. The second-order valence-corrected chi connectivity index (χ2v) is 5.75. The van der Waals surface area contributed by atoms with Gasteiger partial charge in [-0.25, -0.2) is 4.79 Å². The third-order valence-electron chi connectivity index (χ3n) is 3.88. The fourth-order valence-electron chi connectivity index (χ4n) is 2.59. The van der Waals surface area contributed by atoms with Crippen LogP contribution in [0.15, 0.2) is 66.7 Å². The molecule has 6 heteroatoms. The number of aromatic hydroxyl groups is 1. The molecule has 0 radical (unpaired) electrons. The van der Waals surface area contributed by atoms with Crippen LogP contribution in [0, 0.1) is 0 Å². The van der Waals surface area contributed by atoms with Crippen LogP contribution in [0.25, 0.3) is 10.8 Å². The molecule has 0 aliphatic rings. The highest BCUT2D eigenvalue weighted by Crippen LogP contribution is 2.30. The van der Waals surface area contributed by atoms with Crippen molar-refractivity contribution in [2.45, 2.75) is 6.54 Å². The molecule has 3 amide bonds. The molecule has 26 heavy (non-hydrogen) atoms. The van der Waals surface area contributed by atoms with Gasteiger partial charge in [-0.15, -0.1) is 0 Å². The van der Waals surface area contributed by atoms with E-state index in [1.807, 2.05) is 48.5 Å². The molecule has 6 nitrogen and oxygen atoms in total. The van der Waals surface area contributed by atoms with E-state index >= 15 is 0 Å². The van der Waals surface area contributed by atoms with Crippen LogP contribution < -0.4 is 16.0 Å². The average molecular weight is 349 g/mol. The Labute approximate surface area is 150 Å². The minimum atomic E-state index is -0.417. The Balaban J connectivity index is 1.53. The van der Waals surface area contributed by atoms with Gasteiger partial charge < -0.3 is 21.1 Å². The molecule has 0 heterocycles. The lowest BCUT2D eigenvalue weighted by atomic mass is 10.1. The molecule has 0 spiro atoms. The predicted molar refractivity (Wildman–Crippen MR) is 101 cm³/mol. The number of phenols is 1. The van der Waals surface area contributed by atoms with Gasteiger partial charge in [-0.05, 0) is 17.7 Å². The van der Waals surface area contributed by atoms with E-state index in [0.29, 0.717) is 17.6 Å². The molecular weight excluding hydrogens is 330 g/mol. The molecule has 4 N–H and O–H groups in total. The predicted octanol–water partition coefficient (Wildman–Crippen LogP) is 2.98. The van der Waals surface area contributed by atoms with E-state index in [-0.39, 0.29) is 18.2 Å². The standard InChI is InChI=1S/C20H19N3O3/c24-18-11-10-17(15-8-4-5-9-16(15)18)23-19(25)13-22-20(26)21-12-14-6-2-1-3-7-14/h1-11,24H,12-13H2,(H,23,25)(H2,21,22,26). The number of benzene rings is 3. The smallest absolute Gasteiger partial charge is 0.315 e. The van der Waals surface area contributed by atoms with Gasteiger partial charge in [0.25, 0.3) is 0 Å². The third kappa shape index (κ3) is 4.30. The number of urea groups is 1. The minimum Gasteiger partial charge on any atom is -0.507 e. The van der Waals surface area contributed by atoms with E-state index in [4.69, 9.17) is 0 Å². The van der Waals surface area contributed by atoms with Crippen molar-refractivity contribution in [1.82, 2.24) is 10.6 Å². The van der Waals surface area contributed by atoms with Gasteiger partial charge in [0.05, 0.1) is 6.54 Å². The second kappa shape index (κ2) is 8.02. The van der Waals surface area contributed by atoms with E-state index in [1.165, 1.54) is 6.07 Å². The molecule has 3 aromatic carbocycles. The van der Waals surface area contributed by atoms with Crippen LogP contribution in [0.2, 0.25) is 0 Å². The van der Waals surface area contributed by atoms with Gasteiger partial charge in [-0.1, -0.05) is 54.6 Å². The van der Waals surface area contributed by atoms with Crippen LogP contribution in [-0.2, 0) is 11.3 Å². The minimum absolute atomic E-state index is 0.150. The SMILES string of the molecule is O=C(CNC(=O)NCc1ccccc1)Nc1ccc(O)c2ccccc12. The normalized spacial score (nSPS) is 10.3. The van der Waals surface area contributed by atoms with E-state index in [1.54, 1.807) is 12.1 Å². The zero-order chi connectivity index (χ0) is 18.4. The van der Waals surface area contributed by atoms with Gasteiger partial charge in [0.2, 0.25) is 5.91 Å². The van der Waals surface area contributed by atoms with Crippen LogP contribution in [-0.4, -0.2) is 23.6 Å². The Morgan fingerprint density at radius 3 is 2.27 bits per heavy atom. The van der Waals surface area contributed by atoms with Crippen molar-refractivity contribution in [3.8, 4) is 5.75 Å². The van der Waals surface area contributed by atoms with Crippen LogP contribution in [0.4, 0.5) is 10.5 Å². The first-order valence-electron chi connectivity index (χ1n) is 8.19. The Hall–Kier alpha value is -3.54. The number of anilines is 1. The summed E-state index contributed by atoms with van der Waals surface area (Å²) in [6.07, 6.45) is 0. The summed E-state index contributed by atoms with van der Waals surface area (Å²) in [5.41, 5.74) is 1.55. The van der Waals surface area contributed by atoms with Crippen LogP contribution >= 0.6 is 0 Å². The molecule has 0 bridgehead atoms. The fourth-order valence-corrected chi connectivity index (χ4v) is 2.59. The molecule has 0 aliphatic heterocycles. The van der Waals surface area contributed by atoms with Crippen molar-refractivity contribution in [3.05, 3.63) is 72.3 Å². The molecule has 0 saturated carbocycles. The summed E-state index contributed by atoms with van der Waals surface area (Å²) in [5.74, 6) is -0.201. The van der Waals surface area contributed by atoms with E-state index in [2.05, 4.69) is 16.0 Å². The highest BCUT2D eigenvalue weighted by atomic mass is 16.3. The van der Waals surface area contributed by atoms with Crippen molar-refractivity contribution in [3.63, 3.8) is 0 Å². The van der Waals surface area contributed by atoms with E-state index in [9.17, 15) is 14.7 Å². The maximum absolute atomic E-state index is 12.1. The molecule has 0 unspecified atom stereocenters. The van der Waals surface area contributed by atoms with Gasteiger partial charge in [0, 0.05) is 23.0 Å². The molecule has 0 fully saturated rings. The average Bonchev–Trinajstić information content (AvgIpc) is 2.68. The molecule has 0 aliphatic carbocycles. The lowest BCUT2D eigenvalue weighted by Gasteiger charge is -2.11. The summed E-state index contributed by atoms with van der Waals surface area (Å²) in [7, 11) is 0. The maximum atomic E-state index is 12.1. The second-order valence-electron chi connectivity index (χ2n) is 5.75. The molecule has 132 valence electrons. The number of amides is 3. The van der Waals surface area contributed by atoms with Crippen molar-refractivity contribution < 1.29 is 14.7 Å². The van der Waals surface area contributed by atoms with Gasteiger partial charge in [0.1, 0.15) is 5.75 Å². The van der Waals surface area contributed by atoms with Gasteiger partial charge >= 0.3 is 6.03 Å². The zero-order valence-corrected chi connectivity index (χ0v) is 14.0. The molecule has 0 saturated heterocycles. The Morgan fingerprint density at radius 1 is 0.808 bits per heavy atom. The number of nitrogens with one attached hydrogen (secondary N) is 3. The lowest BCUT2D eigenvalue weighted by molar-refractivity contribution is -0.115. The summed E-state index contributed by atoms with van der Waals surface area (Å²) in [6.45, 7) is 0.229. The summed E-state index contributed by atoms with van der Waals surface area (Å²) >= 11 is 0. The molecule has 3 aromatic rings. The quantitative estimate of drug-likeness (QED) is 0.534. The summed E-state index contributed by atoms with van der Waals surface area (Å²) in [6, 6.07) is 19.5. The highest BCUT2D eigenvalue weighted by molar-refractivity contribution is 6.05. The van der Waals surface area contributed by atoms with Crippen molar-refractivity contribution >= 4 is 28.4 Å². The summed E-state index contributed by atoms with van der Waals surface area (Å²) in [4.78, 5) is 23.9. The number of carbonyl (C=O) groups is 2. The van der Waals surface area contributed by atoms with Crippen molar-refractivity contribution in [2.24, 2.45) is 0 Å².